The van der Waals surface area contributed by atoms with Crippen molar-refractivity contribution in [3.8, 4) is 28.8 Å². The van der Waals surface area contributed by atoms with Crippen molar-refractivity contribution in [1.82, 2.24) is 29.7 Å². The number of para-hydroxylation sites is 1. The Balaban J connectivity index is 1.24. The molecule has 6 rings (SSSR count). The molecule has 1 saturated heterocycles. The zero-order chi connectivity index (χ0) is 26.8. The van der Waals surface area contributed by atoms with Gasteiger partial charge in [-0.25, -0.2) is 14.6 Å². The van der Waals surface area contributed by atoms with Crippen LogP contribution in [-0.4, -0.2) is 54.7 Å². The summed E-state index contributed by atoms with van der Waals surface area (Å²) in [5.41, 5.74) is 9.01. The van der Waals surface area contributed by atoms with Crippen molar-refractivity contribution in [1.29, 1.82) is 0 Å². The Bertz CT molecular complexity index is 1660. The van der Waals surface area contributed by atoms with E-state index in [0.29, 0.717) is 59.4 Å². The Labute approximate surface area is 222 Å². The first kappa shape index (κ1) is 24.1. The zero-order valence-corrected chi connectivity index (χ0v) is 20.8. The molecule has 3 N–H and O–H groups in total. The smallest absolute Gasteiger partial charge is 0.226 e. The third-order valence-electron chi connectivity index (χ3n) is 6.38. The lowest BCUT2D eigenvalue weighted by Gasteiger charge is -2.15. The van der Waals surface area contributed by atoms with Crippen LogP contribution in [-0.2, 0) is 9.59 Å². The van der Waals surface area contributed by atoms with Gasteiger partial charge < -0.3 is 20.7 Å². The van der Waals surface area contributed by atoms with E-state index in [4.69, 9.17) is 15.1 Å². The van der Waals surface area contributed by atoms with Crippen molar-refractivity contribution >= 4 is 34.4 Å². The Morgan fingerprint density at radius 3 is 2.74 bits per heavy atom. The SMILES string of the molecule is Nc1nonc1-c1nc2cnc(Oc3cccc(NC(=O)CCN4CCCC4=O)c3)cc2n1-c1ccccc1. The molecule has 0 bridgehead atoms. The molecular weight excluding hydrogens is 500 g/mol. The van der Waals surface area contributed by atoms with E-state index in [2.05, 4.69) is 25.6 Å². The molecule has 1 aliphatic heterocycles. The Morgan fingerprint density at radius 2 is 1.97 bits per heavy atom. The van der Waals surface area contributed by atoms with E-state index in [0.717, 1.165) is 12.1 Å². The highest BCUT2D eigenvalue weighted by Crippen LogP contribution is 2.32. The number of ether oxygens (including phenoxy) is 1. The number of hydrogen-bond donors (Lipinski definition) is 2. The number of amides is 2. The summed E-state index contributed by atoms with van der Waals surface area (Å²) in [7, 11) is 0. The van der Waals surface area contributed by atoms with E-state index in [1.807, 2.05) is 34.9 Å². The highest BCUT2D eigenvalue weighted by Gasteiger charge is 2.22. The number of nitrogen functional groups attached to an aromatic ring is 1. The van der Waals surface area contributed by atoms with E-state index < -0.39 is 0 Å². The molecule has 0 unspecified atom stereocenters. The van der Waals surface area contributed by atoms with Gasteiger partial charge in [0.1, 0.15) is 11.3 Å². The Hall–Kier alpha value is -5.26. The summed E-state index contributed by atoms with van der Waals surface area (Å²) in [5.74, 6) is 1.32. The van der Waals surface area contributed by atoms with Gasteiger partial charge in [0.2, 0.25) is 17.7 Å². The van der Waals surface area contributed by atoms with Gasteiger partial charge in [0.05, 0.1) is 11.7 Å². The summed E-state index contributed by atoms with van der Waals surface area (Å²) in [5, 5.41) is 10.5. The lowest BCUT2D eigenvalue weighted by atomic mass is 10.2. The number of carbonyl (C=O) groups excluding carboxylic acids is 2. The third kappa shape index (κ3) is 4.99. The third-order valence-corrected chi connectivity index (χ3v) is 6.38. The van der Waals surface area contributed by atoms with E-state index in [1.54, 1.807) is 41.4 Å². The molecule has 0 aliphatic carbocycles. The molecule has 2 aromatic carbocycles. The van der Waals surface area contributed by atoms with Crippen LogP contribution in [0.1, 0.15) is 19.3 Å². The van der Waals surface area contributed by atoms with E-state index in [-0.39, 0.29) is 24.1 Å². The minimum atomic E-state index is -0.174. The predicted molar refractivity (Wildman–Crippen MR) is 142 cm³/mol. The first-order chi connectivity index (χ1) is 19.0. The topological polar surface area (TPSA) is 154 Å². The number of fused-ring (bicyclic) bond motifs is 1. The van der Waals surface area contributed by atoms with Crippen LogP contribution in [0.15, 0.2) is 71.5 Å². The maximum Gasteiger partial charge on any atom is 0.226 e. The first-order valence-electron chi connectivity index (χ1n) is 12.4. The summed E-state index contributed by atoms with van der Waals surface area (Å²) in [6, 6.07) is 18.4. The van der Waals surface area contributed by atoms with Gasteiger partial charge in [-0.15, -0.1) is 0 Å². The van der Waals surface area contributed by atoms with Crippen LogP contribution in [0.3, 0.4) is 0 Å². The number of nitrogens with zero attached hydrogens (tertiary/aromatic N) is 6. The number of anilines is 2. The standard InChI is InChI=1S/C27H24N8O4/c28-26-25(32-39-33-26)27-31-20-16-29-23(15-21(20)35(27)18-7-2-1-3-8-18)38-19-9-4-6-17(14-19)30-22(36)11-13-34-12-5-10-24(34)37/h1-4,6-9,14-16H,5,10-13H2,(H2,28,33)(H,30,36). The molecule has 4 heterocycles. The summed E-state index contributed by atoms with van der Waals surface area (Å²) in [6.45, 7) is 1.12. The monoisotopic (exact) mass is 524 g/mol. The van der Waals surface area contributed by atoms with E-state index in [1.165, 1.54) is 0 Å². The number of benzene rings is 2. The molecule has 0 radical (unpaired) electrons. The van der Waals surface area contributed by atoms with Gasteiger partial charge in [-0.2, -0.15) is 0 Å². The molecule has 1 fully saturated rings. The fourth-order valence-corrected chi connectivity index (χ4v) is 4.52. The molecule has 39 heavy (non-hydrogen) atoms. The Kier molecular flexibility index (Phi) is 6.33. The number of imidazole rings is 1. The summed E-state index contributed by atoms with van der Waals surface area (Å²) in [6.07, 6.45) is 3.23. The van der Waals surface area contributed by atoms with Crippen LogP contribution in [0.2, 0.25) is 0 Å². The zero-order valence-electron chi connectivity index (χ0n) is 20.8. The number of pyridine rings is 1. The quantitative estimate of drug-likeness (QED) is 0.308. The van der Waals surface area contributed by atoms with Gasteiger partial charge in [0.25, 0.3) is 0 Å². The van der Waals surface area contributed by atoms with Crippen LogP contribution in [0, 0.1) is 0 Å². The lowest BCUT2D eigenvalue weighted by Crippen LogP contribution is -2.28. The minimum absolute atomic E-state index is 0.101. The molecule has 2 amide bonds. The van der Waals surface area contributed by atoms with Gasteiger partial charge in [-0.3, -0.25) is 14.2 Å². The molecule has 0 atom stereocenters. The number of likely N-dealkylation sites (tertiary alicyclic amines) is 1. The summed E-state index contributed by atoms with van der Waals surface area (Å²) < 4.78 is 12.7. The van der Waals surface area contributed by atoms with Crippen molar-refractivity contribution in [3.63, 3.8) is 0 Å². The van der Waals surface area contributed by atoms with E-state index >= 15 is 0 Å². The molecule has 3 aromatic heterocycles. The van der Waals surface area contributed by atoms with Crippen LogP contribution >= 0.6 is 0 Å². The van der Waals surface area contributed by atoms with Crippen molar-refractivity contribution < 1.29 is 19.0 Å². The van der Waals surface area contributed by atoms with Gasteiger partial charge in [0.15, 0.2) is 17.3 Å². The van der Waals surface area contributed by atoms with Crippen molar-refractivity contribution in [3.05, 3.63) is 66.9 Å². The molecule has 0 spiro atoms. The van der Waals surface area contributed by atoms with Gasteiger partial charge in [-0.1, -0.05) is 24.3 Å². The summed E-state index contributed by atoms with van der Waals surface area (Å²) in [4.78, 5) is 35.0. The van der Waals surface area contributed by atoms with E-state index in [9.17, 15) is 9.59 Å². The maximum atomic E-state index is 12.5. The van der Waals surface area contributed by atoms with Crippen LogP contribution in [0.25, 0.3) is 28.2 Å². The largest absolute Gasteiger partial charge is 0.439 e. The fraction of sp³-hybridized carbons (Fsp3) is 0.185. The van der Waals surface area contributed by atoms with Crippen LogP contribution in [0.5, 0.6) is 11.6 Å². The molecule has 0 saturated carbocycles. The fourth-order valence-electron chi connectivity index (χ4n) is 4.52. The molecule has 1 aliphatic rings. The average Bonchev–Trinajstić information content (AvgIpc) is 3.65. The second-order valence-electron chi connectivity index (χ2n) is 9.03. The highest BCUT2D eigenvalue weighted by molar-refractivity contribution is 5.91. The average molecular weight is 525 g/mol. The first-order valence-corrected chi connectivity index (χ1v) is 12.4. The molecule has 196 valence electrons. The molecule has 12 nitrogen and oxygen atoms in total. The normalized spacial score (nSPS) is 13.2. The predicted octanol–water partition coefficient (Wildman–Crippen LogP) is 3.80. The minimum Gasteiger partial charge on any atom is -0.439 e. The van der Waals surface area contributed by atoms with Gasteiger partial charge >= 0.3 is 0 Å². The Morgan fingerprint density at radius 1 is 1.10 bits per heavy atom. The number of rotatable bonds is 8. The second kappa shape index (κ2) is 10.2. The van der Waals surface area contributed by atoms with Gasteiger partial charge in [-0.05, 0) is 41.0 Å². The highest BCUT2D eigenvalue weighted by atomic mass is 16.6. The van der Waals surface area contributed by atoms with Crippen LogP contribution in [0.4, 0.5) is 11.5 Å². The number of nitrogens with one attached hydrogen (secondary N) is 1. The maximum absolute atomic E-state index is 12.5. The lowest BCUT2D eigenvalue weighted by molar-refractivity contribution is -0.128. The number of aromatic nitrogens is 5. The van der Waals surface area contributed by atoms with Crippen molar-refractivity contribution in [2.75, 3.05) is 24.1 Å². The van der Waals surface area contributed by atoms with Crippen molar-refractivity contribution in [2.24, 2.45) is 0 Å². The molecule has 12 heteroatoms. The molecule has 5 aromatic rings. The second-order valence-corrected chi connectivity index (χ2v) is 9.03. The molecular formula is C27H24N8O4. The number of hydrogen-bond acceptors (Lipinski definition) is 9. The van der Waals surface area contributed by atoms with Gasteiger partial charge in [0, 0.05) is 49.4 Å². The van der Waals surface area contributed by atoms with Crippen molar-refractivity contribution in [2.45, 2.75) is 19.3 Å². The summed E-state index contributed by atoms with van der Waals surface area (Å²) >= 11 is 0. The number of nitrogens with two attached hydrogens (primary N) is 1. The number of carbonyl (C=O) groups is 2. The van der Waals surface area contributed by atoms with Crippen LogP contribution < -0.4 is 15.8 Å².